The zero-order chi connectivity index (χ0) is 20.9. The van der Waals surface area contributed by atoms with Gasteiger partial charge < -0.3 is 20.1 Å². The van der Waals surface area contributed by atoms with Crippen molar-refractivity contribution in [3.05, 3.63) is 38.9 Å². The highest BCUT2D eigenvalue weighted by Gasteiger charge is 2.43. The van der Waals surface area contributed by atoms with E-state index in [1.54, 1.807) is 27.7 Å². The van der Waals surface area contributed by atoms with Crippen molar-refractivity contribution >= 4 is 36.7 Å². The molecule has 0 saturated carbocycles. The van der Waals surface area contributed by atoms with Crippen molar-refractivity contribution in [2.24, 2.45) is 5.73 Å². The summed E-state index contributed by atoms with van der Waals surface area (Å²) < 4.78 is 23.7. The molecule has 10 nitrogen and oxygen atoms in total. The summed E-state index contributed by atoms with van der Waals surface area (Å²) in [5.41, 5.74) is 4.80. The molecule has 3 N–H and O–H groups in total. The highest BCUT2D eigenvalue weighted by molar-refractivity contribution is 7.55. The number of hydrogen-bond acceptors (Lipinski definition) is 7. The second-order valence-corrected chi connectivity index (χ2v) is 8.47. The number of carbonyl (C=O) groups is 2. The van der Waals surface area contributed by atoms with Gasteiger partial charge in [0.05, 0.1) is 27.7 Å². The van der Waals surface area contributed by atoms with Crippen LogP contribution in [0, 0.1) is 10.1 Å². The standard InChI is InChI=1S/C15H21ClN3O7P/c1-8(2)25-27(24,26-9(3)4)15(13(17)20)18-14(21)11-6-5-10(19(22)23)7-12(11)16/h5-9,15H,1-4H3,(H2,17,20)(H,18,21). The van der Waals surface area contributed by atoms with Gasteiger partial charge in [-0.2, -0.15) is 0 Å². The van der Waals surface area contributed by atoms with Gasteiger partial charge >= 0.3 is 7.60 Å². The number of non-ortho nitro benzene ring substituents is 1. The van der Waals surface area contributed by atoms with Crippen LogP contribution in [0.4, 0.5) is 5.69 Å². The number of amides is 2. The molecule has 0 fully saturated rings. The summed E-state index contributed by atoms with van der Waals surface area (Å²) in [4.78, 5) is 34.4. The van der Waals surface area contributed by atoms with Gasteiger partial charge in [-0.05, 0) is 33.8 Å². The molecule has 12 heteroatoms. The Morgan fingerprint density at radius 2 is 1.74 bits per heavy atom. The maximum atomic E-state index is 13.1. The quantitative estimate of drug-likeness (QED) is 0.353. The maximum Gasteiger partial charge on any atom is 0.362 e. The Hall–Kier alpha value is -2.00. The van der Waals surface area contributed by atoms with Gasteiger partial charge in [0.15, 0.2) is 0 Å². The lowest BCUT2D eigenvalue weighted by Crippen LogP contribution is -2.45. The molecule has 0 spiro atoms. The van der Waals surface area contributed by atoms with Crippen molar-refractivity contribution in [1.29, 1.82) is 0 Å². The Morgan fingerprint density at radius 1 is 1.22 bits per heavy atom. The van der Waals surface area contributed by atoms with E-state index < -0.39 is 42.3 Å². The second kappa shape index (κ2) is 9.27. The summed E-state index contributed by atoms with van der Waals surface area (Å²) in [6, 6.07) is 3.14. The van der Waals surface area contributed by atoms with Crippen molar-refractivity contribution in [2.45, 2.75) is 45.7 Å². The fourth-order valence-electron chi connectivity index (χ4n) is 2.04. The molecule has 0 aliphatic rings. The number of nitrogens with two attached hydrogens (primary N) is 1. The number of nitro groups is 1. The lowest BCUT2D eigenvalue weighted by molar-refractivity contribution is -0.384. The van der Waals surface area contributed by atoms with Crippen LogP contribution in [0.25, 0.3) is 0 Å². The van der Waals surface area contributed by atoms with Crippen LogP contribution < -0.4 is 11.1 Å². The molecule has 27 heavy (non-hydrogen) atoms. The minimum absolute atomic E-state index is 0.172. The predicted octanol–water partition coefficient (Wildman–Crippen LogP) is 2.83. The first-order valence-corrected chi connectivity index (χ1v) is 9.87. The molecule has 0 aromatic heterocycles. The molecule has 1 aromatic rings. The zero-order valence-corrected chi connectivity index (χ0v) is 16.8. The summed E-state index contributed by atoms with van der Waals surface area (Å²) in [6.45, 7) is 6.29. The molecule has 2 amide bonds. The average molecular weight is 422 g/mol. The van der Waals surface area contributed by atoms with E-state index >= 15 is 0 Å². The third-order valence-electron chi connectivity index (χ3n) is 2.98. The van der Waals surface area contributed by atoms with Crippen molar-refractivity contribution in [3.63, 3.8) is 0 Å². The van der Waals surface area contributed by atoms with Crippen LogP contribution in [-0.4, -0.2) is 34.7 Å². The van der Waals surface area contributed by atoms with Crippen LogP contribution in [0.1, 0.15) is 38.1 Å². The molecule has 0 aliphatic heterocycles. The van der Waals surface area contributed by atoms with Gasteiger partial charge in [0, 0.05) is 12.1 Å². The molecule has 0 bridgehead atoms. The van der Waals surface area contributed by atoms with Gasteiger partial charge in [0.2, 0.25) is 5.78 Å². The first-order valence-electron chi connectivity index (χ1n) is 7.88. The number of halogens is 1. The summed E-state index contributed by atoms with van der Waals surface area (Å²) in [6.07, 6.45) is -1.17. The second-order valence-electron chi connectivity index (χ2n) is 6.05. The van der Waals surface area contributed by atoms with Crippen molar-refractivity contribution < 1.29 is 28.1 Å². The van der Waals surface area contributed by atoms with Crippen LogP contribution in [0.3, 0.4) is 0 Å². The van der Waals surface area contributed by atoms with Crippen LogP contribution >= 0.6 is 19.2 Å². The van der Waals surface area contributed by atoms with Crippen LogP contribution in [0.15, 0.2) is 18.2 Å². The van der Waals surface area contributed by atoms with Crippen LogP contribution in [0.5, 0.6) is 0 Å². The molecular formula is C15H21ClN3O7P. The van der Waals surface area contributed by atoms with E-state index in [2.05, 4.69) is 5.32 Å². The first-order chi connectivity index (χ1) is 12.4. The van der Waals surface area contributed by atoms with E-state index in [0.717, 1.165) is 18.2 Å². The molecule has 1 atom stereocenters. The minimum Gasteiger partial charge on any atom is -0.367 e. The molecule has 1 unspecified atom stereocenters. The van der Waals surface area contributed by atoms with Crippen molar-refractivity contribution in [3.8, 4) is 0 Å². The predicted molar refractivity (Wildman–Crippen MR) is 98.6 cm³/mol. The highest BCUT2D eigenvalue weighted by atomic mass is 35.5. The highest BCUT2D eigenvalue weighted by Crippen LogP contribution is 2.54. The SMILES string of the molecule is CC(C)OP(=O)(OC(C)C)C(NC(=O)c1ccc([N+](=O)[O-])cc1Cl)C(N)=O. The van der Waals surface area contributed by atoms with Gasteiger partial charge in [0.1, 0.15) is 0 Å². The fraction of sp³-hybridized carbons (Fsp3) is 0.467. The van der Waals surface area contributed by atoms with Gasteiger partial charge in [-0.25, -0.2) is 0 Å². The lowest BCUT2D eigenvalue weighted by Gasteiger charge is -2.28. The molecule has 0 heterocycles. The van der Waals surface area contributed by atoms with E-state index in [4.69, 9.17) is 26.4 Å². The largest absolute Gasteiger partial charge is 0.367 e. The van der Waals surface area contributed by atoms with Gasteiger partial charge in [-0.3, -0.25) is 24.3 Å². The summed E-state index contributed by atoms with van der Waals surface area (Å²) in [5, 5.41) is 12.7. The normalized spacial score (nSPS) is 12.9. The Balaban J connectivity index is 3.21. The Kier molecular flexibility index (Phi) is 7.91. The molecule has 1 aromatic carbocycles. The number of nitro benzene ring substituents is 1. The minimum atomic E-state index is -4.17. The van der Waals surface area contributed by atoms with E-state index in [1.165, 1.54) is 0 Å². The fourth-order valence-corrected chi connectivity index (χ4v) is 4.36. The number of nitrogens with one attached hydrogen (secondary N) is 1. The Bertz CT molecular complexity index is 771. The zero-order valence-electron chi connectivity index (χ0n) is 15.2. The number of nitrogens with zero attached hydrogens (tertiary/aromatic N) is 1. The third-order valence-corrected chi connectivity index (χ3v) is 5.74. The van der Waals surface area contributed by atoms with Crippen LogP contribution in [0.2, 0.25) is 5.02 Å². The summed E-state index contributed by atoms with van der Waals surface area (Å²) >= 11 is 5.90. The topological polar surface area (TPSA) is 151 Å². The van der Waals surface area contributed by atoms with E-state index in [9.17, 15) is 24.3 Å². The Morgan fingerprint density at radius 3 is 2.11 bits per heavy atom. The average Bonchev–Trinajstić information content (AvgIpc) is 2.49. The number of rotatable bonds is 9. The number of carbonyl (C=O) groups excluding carboxylic acids is 2. The van der Waals surface area contributed by atoms with Gasteiger partial charge in [0.25, 0.3) is 17.5 Å². The Labute approximate surface area is 161 Å². The van der Waals surface area contributed by atoms with Gasteiger partial charge in [-0.15, -0.1) is 0 Å². The van der Waals surface area contributed by atoms with E-state index in [0.29, 0.717) is 0 Å². The van der Waals surface area contributed by atoms with Gasteiger partial charge in [-0.1, -0.05) is 11.6 Å². The molecular weight excluding hydrogens is 401 g/mol. The smallest absolute Gasteiger partial charge is 0.362 e. The third kappa shape index (κ3) is 6.28. The monoisotopic (exact) mass is 421 g/mol. The van der Waals surface area contributed by atoms with E-state index in [-0.39, 0.29) is 16.3 Å². The number of benzene rings is 1. The molecule has 0 radical (unpaired) electrons. The molecule has 0 aliphatic carbocycles. The van der Waals surface area contributed by atoms with Crippen molar-refractivity contribution in [2.75, 3.05) is 0 Å². The molecule has 150 valence electrons. The number of primary amides is 1. The van der Waals surface area contributed by atoms with E-state index in [1.807, 2.05) is 0 Å². The van der Waals surface area contributed by atoms with Crippen molar-refractivity contribution in [1.82, 2.24) is 5.32 Å². The summed E-state index contributed by atoms with van der Waals surface area (Å²) in [7, 11) is -4.17. The summed E-state index contributed by atoms with van der Waals surface area (Å²) in [5.74, 6) is -3.83. The number of hydrogen-bond donors (Lipinski definition) is 2. The molecule has 1 rings (SSSR count). The maximum absolute atomic E-state index is 13.1. The first kappa shape index (κ1) is 23.0. The van der Waals surface area contributed by atoms with Crippen LogP contribution in [-0.2, 0) is 18.4 Å². The lowest BCUT2D eigenvalue weighted by atomic mass is 10.2. The molecule has 0 saturated heterocycles.